The van der Waals surface area contributed by atoms with E-state index in [2.05, 4.69) is 10.2 Å². The molecule has 0 aliphatic carbocycles. The van der Waals surface area contributed by atoms with Gasteiger partial charge in [-0.3, -0.25) is 0 Å². The van der Waals surface area contributed by atoms with Crippen LogP contribution in [0.5, 0.6) is 0 Å². The first-order valence-electron chi connectivity index (χ1n) is 6.23. The number of aromatic nitrogens is 3. The van der Waals surface area contributed by atoms with Gasteiger partial charge >= 0.3 is 6.18 Å². The van der Waals surface area contributed by atoms with Crippen LogP contribution in [0.4, 0.5) is 13.2 Å². The topological polar surface area (TPSA) is 50.9 Å². The average molecular weight is 283 g/mol. The van der Waals surface area contributed by atoms with E-state index in [0.717, 1.165) is 6.07 Å². The second-order valence-electron chi connectivity index (χ2n) is 4.79. The van der Waals surface area contributed by atoms with Crippen molar-refractivity contribution in [2.24, 2.45) is 0 Å². The first-order valence-corrected chi connectivity index (χ1v) is 6.23. The fourth-order valence-electron chi connectivity index (χ4n) is 2.43. The normalized spacial score (nSPS) is 18.9. The van der Waals surface area contributed by atoms with Gasteiger partial charge in [0.05, 0.1) is 18.2 Å². The lowest BCUT2D eigenvalue weighted by atomic mass is 10.1. The van der Waals surface area contributed by atoms with E-state index in [0.29, 0.717) is 18.7 Å². The molecule has 0 saturated heterocycles. The highest BCUT2D eigenvalue weighted by molar-refractivity contribution is 5.61. The Hall–Kier alpha value is -1.89. The zero-order valence-corrected chi connectivity index (χ0v) is 10.4. The van der Waals surface area contributed by atoms with Crippen LogP contribution in [0.1, 0.15) is 17.8 Å². The number of fused-ring (bicyclic) bond motifs is 1. The minimum absolute atomic E-state index is 0.00662. The molecule has 20 heavy (non-hydrogen) atoms. The summed E-state index contributed by atoms with van der Waals surface area (Å²) in [7, 11) is 0. The smallest absolute Gasteiger partial charge is 0.391 e. The van der Waals surface area contributed by atoms with Crippen LogP contribution >= 0.6 is 0 Å². The Balaban J connectivity index is 2.14. The molecule has 2 aromatic rings. The van der Waals surface area contributed by atoms with Crippen molar-refractivity contribution in [2.75, 3.05) is 0 Å². The van der Waals surface area contributed by atoms with Crippen LogP contribution < -0.4 is 0 Å². The van der Waals surface area contributed by atoms with Gasteiger partial charge in [0.15, 0.2) is 5.82 Å². The number of nitrogens with zero attached hydrogens (tertiary/aromatic N) is 3. The first kappa shape index (κ1) is 13.1. The SMILES string of the molecule is OC1CCc2nnc(-c3ccccc3C(F)(F)F)n2C1. The average Bonchev–Trinajstić information content (AvgIpc) is 2.80. The van der Waals surface area contributed by atoms with Crippen LogP contribution in [0.25, 0.3) is 11.4 Å². The van der Waals surface area contributed by atoms with Crippen LogP contribution in [0.3, 0.4) is 0 Å². The van der Waals surface area contributed by atoms with E-state index in [4.69, 9.17) is 0 Å². The van der Waals surface area contributed by atoms with Crippen molar-refractivity contribution in [3.8, 4) is 11.4 Å². The van der Waals surface area contributed by atoms with Crippen molar-refractivity contribution < 1.29 is 18.3 Å². The molecule has 0 bridgehead atoms. The van der Waals surface area contributed by atoms with Gasteiger partial charge in [-0.2, -0.15) is 13.2 Å². The monoisotopic (exact) mass is 283 g/mol. The first-order chi connectivity index (χ1) is 9.47. The Morgan fingerprint density at radius 3 is 2.70 bits per heavy atom. The Bertz CT molecular complexity index is 636. The van der Waals surface area contributed by atoms with E-state index in [1.807, 2.05) is 0 Å². The second kappa shape index (κ2) is 4.59. The molecule has 1 aromatic carbocycles. The number of rotatable bonds is 1. The van der Waals surface area contributed by atoms with Crippen molar-refractivity contribution >= 4 is 0 Å². The predicted octanol–water partition coefficient (Wildman–Crippen LogP) is 2.27. The van der Waals surface area contributed by atoms with Gasteiger partial charge in [-0.1, -0.05) is 18.2 Å². The Kier molecular flexibility index (Phi) is 3.01. The van der Waals surface area contributed by atoms with Crippen LogP contribution in [-0.2, 0) is 19.1 Å². The molecule has 2 heterocycles. The Labute approximate surface area is 112 Å². The molecule has 0 radical (unpaired) electrons. The number of aliphatic hydroxyl groups is 1. The summed E-state index contributed by atoms with van der Waals surface area (Å²) in [6.45, 7) is 0.226. The van der Waals surface area contributed by atoms with Gasteiger partial charge in [0.2, 0.25) is 0 Å². The molecular formula is C13H12F3N3O. The highest BCUT2D eigenvalue weighted by Gasteiger charge is 2.35. The van der Waals surface area contributed by atoms with E-state index >= 15 is 0 Å². The van der Waals surface area contributed by atoms with Crippen molar-refractivity contribution in [1.29, 1.82) is 0 Å². The molecule has 4 nitrogen and oxygen atoms in total. The summed E-state index contributed by atoms with van der Waals surface area (Å²) >= 11 is 0. The summed E-state index contributed by atoms with van der Waals surface area (Å²) in [5.74, 6) is 0.772. The molecule has 0 spiro atoms. The molecule has 1 N–H and O–H groups in total. The minimum Gasteiger partial charge on any atom is -0.391 e. The van der Waals surface area contributed by atoms with Gasteiger partial charge in [-0.25, -0.2) is 0 Å². The molecule has 1 aliphatic heterocycles. The van der Waals surface area contributed by atoms with Crippen LogP contribution in [-0.4, -0.2) is 26.0 Å². The molecule has 1 aliphatic rings. The van der Waals surface area contributed by atoms with Gasteiger partial charge in [-0.05, 0) is 12.5 Å². The number of benzene rings is 1. The van der Waals surface area contributed by atoms with Gasteiger partial charge < -0.3 is 9.67 Å². The Morgan fingerprint density at radius 2 is 1.95 bits per heavy atom. The Morgan fingerprint density at radius 1 is 1.20 bits per heavy atom. The predicted molar refractivity (Wildman–Crippen MR) is 64.8 cm³/mol. The summed E-state index contributed by atoms with van der Waals surface area (Å²) in [6.07, 6.45) is -3.95. The van der Waals surface area contributed by atoms with Gasteiger partial charge in [0.1, 0.15) is 5.82 Å². The van der Waals surface area contributed by atoms with E-state index in [9.17, 15) is 18.3 Å². The van der Waals surface area contributed by atoms with Gasteiger partial charge in [-0.15, -0.1) is 10.2 Å². The number of aliphatic hydroxyl groups excluding tert-OH is 1. The summed E-state index contributed by atoms with van der Waals surface area (Å²) < 4.78 is 40.7. The molecule has 0 saturated carbocycles. The number of hydrogen-bond acceptors (Lipinski definition) is 3. The quantitative estimate of drug-likeness (QED) is 0.873. The fourth-order valence-corrected chi connectivity index (χ4v) is 2.43. The molecule has 1 aromatic heterocycles. The zero-order chi connectivity index (χ0) is 14.3. The van der Waals surface area contributed by atoms with Gasteiger partial charge in [0.25, 0.3) is 0 Å². The number of alkyl halides is 3. The summed E-state index contributed by atoms with van der Waals surface area (Å²) in [5, 5.41) is 17.5. The van der Waals surface area contributed by atoms with Crippen LogP contribution in [0.2, 0.25) is 0 Å². The third-order valence-electron chi connectivity index (χ3n) is 3.40. The van der Waals surface area contributed by atoms with E-state index in [1.54, 1.807) is 4.57 Å². The van der Waals surface area contributed by atoms with Gasteiger partial charge in [0, 0.05) is 12.0 Å². The maximum atomic E-state index is 13.0. The van der Waals surface area contributed by atoms with E-state index in [1.165, 1.54) is 18.2 Å². The van der Waals surface area contributed by atoms with Crippen LogP contribution in [0, 0.1) is 0 Å². The van der Waals surface area contributed by atoms with E-state index in [-0.39, 0.29) is 17.9 Å². The highest BCUT2D eigenvalue weighted by Crippen LogP contribution is 2.36. The van der Waals surface area contributed by atoms with E-state index < -0.39 is 17.8 Å². The molecule has 0 amide bonds. The van der Waals surface area contributed by atoms with Crippen LogP contribution in [0.15, 0.2) is 24.3 Å². The largest absolute Gasteiger partial charge is 0.417 e. The molecule has 7 heteroatoms. The minimum atomic E-state index is -4.45. The number of halogens is 3. The molecular weight excluding hydrogens is 271 g/mol. The molecule has 1 atom stereocenters. The second-order valence-corrected chi connectivity index (χ2v) is 4.79. The fraction of sp³-hybridized carbons (Fsp3) is 0.385. The maximum absolute atomic E-state index is 13.0. The zero-order valence-electron chi connectivity index (χ0n) is 10.4. The third-order valence-corrected chi connectivity index (χ3v) is 3.40. The highest BCUT2D eigenvalue weighted by atomic mass is 19.4. The molecule has 106 valence electrons. The lowest BCUT2D eigenvalue weighted by Gasteiger charge is -2.21. The lowest BCUT2D eigenvalue weighted by molar-refractivity contribution is -0.137. The summed E-state index contributed by atoms with van der Waals surface area (Å²) in [4.78, 5) is 0. The molecule has 1 unspecified atom stereocenters. The lowest BCUT2D eigenvalue weighted by Crippen LogP contribution is -2.25. The number of aryl methyl sites for hydroxylation is 1. The van der Waals surface area contributed by atoms with Crippen molar-refractivity contribution in [3.63, 3.8) is 0 Å². The standard InChI is InChI=1S/C13H12F3N3O/c14-13(15,16)10-4-2-1-3-9(10)12-18-17-11-6-5-8(20)7-19(11)12/h1-4,8,20H,5-7H2. The van der Waals surface area contributed by atoms with Crippen molar-refractivity contribution in [1.82, 2.24) is 14.8 Å². The van der Waals surface area contributed by atoms with Crippen molar-refractivity contribution in [3.05, 3.63) is 35.7 Å². The maximum Gasteiger partial charge on any atom is 0.417 e. The number of hydrogen-bond donors (Lipinski definition) is 1. The summed E-state index contributed by atoms with van der Waals surface area (Å²) in [5.41, 5.74) is -0.747. The summed E-state index contributed by atoms with van der Waals surface area (Å²) in [6, 6.07) is 5.28. The molecule has 0 fully saturated rings. The molecule has 3 rings (SSSR count). The third kappa shape index (κ3) is 2.18. The van der Waals surface area contributed by atoms with Crippen molar-refractivity contribution in [2.45, 2.75) is 31.7 Å².